The number of likely N-dealkylation sites (tertiary alicyclic amines) is 1. The monoisotopic (exact) mass is 287 g/mol. The van der Waals surface area contributed by atoms with Crippen LogP contribution in [-0.4, -0.2) is 44.5 Å². The third-order valence-electron chi connectivity index (χ3n) is 3.86. The molecular weight excluding hydrogens is 266 g/mol. The fraction of sp³-hybridized carbons (Fsp3) is 0.533. The van der Waals surface area contributed by atoms with Gasteiger partial charge in [-0.15, -0.1) is 5.10 Å². The normalized spacial score (nSPS) is 17.0. The number of hydrogen-bond acceptors (Lipinski definition) is 4. The summed E-state index contributed by atoms with van der Waals surface area (Å²) in [5, 5.41) is 7.48. The number of aromatic nitrogens is 3. The van der Waals surface area contributed by atoms with Crippen molar-refractivity contribution in [2.24, 2.45) is 0 Å². The first-order valence-corrected chi connectivity index (χ1v) is 7.52. The van der Waals surface area contributed by atoms with Crippen molar-refractivity contribution >= 4 is 17.5 Å². The molecule has 0 saturated carbocycles. The summed E-state index contributed by atoms with van der Waals surface area (Å²) in [5.41, 5.74) is 1.90. The summed E-state index contributed by atoms with van der Waals surface area (Å²) in [6, 6.07) is 3.61. The van der Waals surface area contributed by atoms with E-state index >= 15 is 0 Å². The van der Waals surface area contributed by atoms with Crippen molar-refractivity contribution < 1.29 is 4.79 Å². The number of piperidine rings is 1. The summed E-state index contributed by atoms with van der Waals surface area (Å²) in [4.78, 5) is 18.7. The minimum absolute atomic E-state index is 0.129. The van der Waals surface area contributed by atoms with Gasteiger partial charge in [-0.05, 0) is 44.7 Å². The second-order valence-electron chi connectivity index (χ2n) is 5.70. The molecule has 1 amide bonds. The van der Waals surface area contributed by atoms with Gasteiger partial charge in [0, 0.05) is 19.3 Å². The van der Waals surface area contributed by atoms with Crippen LogP contribution in [0.3, 0.4) is 0 Å². The number of rotatable bonds is 3. The Morgan fingerprint density at radius 2 is 2.05 bits per heavy atom. The molecule has 112 valence electrons. The molecule has 1 N–H and O–H groups in total. The SMILES string of the molecule is Cc1ccc2nc(NC(C)C(=O)N3CCCCC3)nn2c1. The lowest BCUT2D eigenvalue weighted by Gasteiger charge is -2.29. The van der Waals surface area contributed by atoms with E-state index in [4.69, 9.17) is 0 Å². The van der Waals surface area contributed by atoms with Crippen LogP contribution in [0, 0.1) is 6.92 Å². The number of carbonyl (C=O) groups excluding carboxylic acids is 1. The molecule has 1 fully saturated rings. The van der Waals surface area contributed by atoms with Crippen LogP contribution in [-0.2, 0) is 4.79 Å². The van der Waals surface area contributed by atoms with Crippen molar-refractivity contribution in [2.45, 2.75) is 39.2 Å². The minimum atomic E-state index is -0.304. The molecule has 2 aromatic heterocycles. The summed E-state index contributed by atoms with van der Waals surface area (Å²) in [7, 11) is 0. The maximum atomic E-state index is 12.4. The predicted octanol–water partition coefficient (Wildman–Crippen LogP) is 1.85. The highest BCUT2D eigenvalue weighted by molar-refractivity contribution is 5.83. The standard InChI is InChI=1S/C15H21N5O/c1-11-6-7-13-17-15(18-20(13)10-11)16-12(2)14(21)19-8-4-3-5-9-19/h6-7,10,12H,3-5,8-9H2,1-2H3,(H,16,18). The molecular formula is C15H21N5O. The molecule has 21 heavy (non-hydrogen) atoms. The maximum Gasteiger partial charge on any atom is 0.244 e. The number of hydrogen-bond donors (Lipinski definition) is 1. The second-order valence-corrected chi connectivity index (χ2v) is 5.70. The first-order chi connectivity index (χ1) is 10.1. The van der Waals surface area contributed by atoms with Gasteiger partial charge in [0.2, 0.25) is 11.9 Å². The summed E-state index contributed by atoms with van der Waals surface area (Å²) in [6.45, 7) is 5.61. The van der Waals surface area contributed by atoms with Crippen LogP contribution in [0.25, 0.3) is 5.65 Å². The number of nitrogens with zero attached hydrogens (tertiary/aromatic N) is 4. The van der Waals surface area contributed by atoms with Crippen LogP contribution in [0.4, 0.5) is 5.95 Å². The van der Waals surface area contributed by atoms with Crippen LogP contribution in [0.1, 0.15) is 31.7 Å². The van der Waals surface area contributed by atoms with Gasteiger partial charge in [-0.2, -0.15) is 4.98 Å². The van der Waals surface area contributed by atoms with Gasteiger partial charge in [0.25, 0.3) is 0 Å². The van der Waals surface area contributed by atoms with Crippen molar-refractivity contribution in [3.05, 3.63) is 23.9 Å². The number of anilines is 1. The minimum Gasteiger partial charge on any atom is -0.341 e. The Bertz CT molecular complexity index is 645. The van der Waals surface area contributed by atoms with E-state index in [0.717, 1.165) is 37.1 Å². The Morgan fingerprint density at radius 3 is 2.81 bits per heavy atom. The number of fused-ring (bicyclic) bond motifs is 1. The average Bonchev–Trinajstić information content (AvgIpc) is 2.88. The molecule has 6 nitrogen and oxygen atoms in total. The third kappa shape index (κ3) is 2.99. The molecule has 0 spiro atoms. The Labute approximate surface area is 124 Å². The van der Waals surface area contributed by atoms with Gasteiger partial charge in [0.1, 0.15) is 6.04 Å². The Hall–Kier alpha value is -2.11. The van der Waals surface area contributed by atoms with Gasteiger partial charge in [-0.3, -0.25) is 4.79 Å². The lowest BCUT2D eigenvalue weighted by Crippen LogP contribution is -2.44. The van der Waals surface area contributed by atoms with Gasteiger partial charge in [-0.1, -0.05) is 6.07 Å². The average molecular weight is 287 g/mol. The van der Waals surface area contributed by atoms with Crippen molar-refractivity contribution in [1.29, 1.82) is 0 Å². The highest BCUT2D eigenvalue weighted by atomic mass is 16.2. The number of amides is 1. The molecule has 0 bridgehead atoms. The molecule has 2 aromatic rings. The molecule has 1 unspecified atom stereocenters. The van der Waals surface area contributed by atoms with Crippen molar-refractivity contribution in [1.82, 2.24) is 19.5 Å². The van der Waals surface area contributed by atoms with E-state index in [1.165, 1.54) is 6.42 Å². The molecule has 1 atom stereocenters. The van der Waals surface area contributed by atoms with E-state index in [0.29, 0.717) is 5.95 Å². The zero-order chi connectivity index (χ0) is 14.8. The van der Waals surface area contributed by atoms with E-state index in [1.54, 1.807) is 4.52 Å². The Balaban J connectivity index is 1.70. The summed E-state index contributed by atoms with van der Waals surface area (Å²) < 4.78 is 1.73. The summed E-state index contributed by atoms with van der Waals surface area (Å²) in [6.07, 6.45) is 5.35. The van der Waals surface area contributed by atoms with E-state index in [9.17, 15) is 4.79 Å². The number of aryl methyl sites for hydroxylation is 1. The number of nitrogens with one attached hydrogen (secondary N) is 1. The van der Waals surface area contributed by atoms with E-state index in [-0.39, 0.29) is 11.9 Å². The quantitative estimate of drug-likeness (QED) is 0.936. The first-order valence-electron chi connectivity index (χ1n) is 7.52. The maximum absolute atomic E-state index is 12.4. The number of carbonyl (C=O) groups is 1. The zero-order valence-electron chi connectivity index (χ0n) is 12.5. The molecule has 3 heterocycles. The topological polar surface area (TPSA) is 62.5 Å². The van der Waals surface area contributed by atoms with Gasteiger partial charge < -0.3 is 10.2 Å². The van der Waals surface area contributed by atoms with Gasteiger partial charge in [0.05, 0.1) is 0 Å². The summed E-state index contributed by atoms with van der Waals surface area (Å²) in [5.74, 6) is 0.628. The predicted molar refractivity (Wildman–Crippen MR) is 81.2 cm³/mol. The molecule has 0 radical (unpaired) electrons. The molecule has 6 heteroatoms. The Kier molecular flexibility index (Phi) is 3.77. The van der Waals surface area contributed by atoms with Gasteiger partial charge >= 0.3 is 0 Å². The van der Waals surface area contributed by atoms with Crippen molar-refractivity contribution in [3.63, 3.8) is 0 Å². The second kappa shape index (κ2) is 5.71. The molecule has 0 aliphatic carbocycles. The largest absolute Gasteiger partial charge is 0.341 e. The molecule has 1 aliphatic heterocycles. The molecule has 1 aliphatic rings. The highest BCUT2D eigenvalue weighted by Gasteiger charge is 2.22. The number of pyridine rings is 1. The molecule has 3 rings (SSSR count). The van der Waals surface area contributed by atoms with Gasteiger partial charge in [0.15, 0.2) is 5.65 Å². The molecule has 1 saturated heterocycles. The van der Waals surface area contributed by atoms with E-state index < -0.39 is 0 Å². The fourth-order valence-corrected chi connectivity index (χ4v) is 2.69. The van der Waals surface area contributed by atoms with Crippen LogP contribution < -0.4 is 5.32 Å². The van der Waals surface area contributed by atoms with Crippen LogP contribution in [0.15, 0.2) is 18.3 Å². The lowest BCUT2D eigenvalue weighted by atomic mass is 10.1. The zero-order valence-corrected chi connectivity index (χ0v) is 12.5. The molecule has 0 aromatic carbocycles. The van der Waals surface area contributed by atoms with Gasteiger partial charge in [-0.25, -0.2) is 4.52 Å². The van der Waals surface area contributed by atoms with Crippen molar-refractivity contribution in [2.75, 3.05) is 18.4 Å². The van der Waals surface area contributed by atoms with E-state index in [2.05, 4.69) is 15.4 Å². The highest BCUT2D eigenvalue weighted by Crippen LogP contribution is 2.12. The van der Waals surface area contributed by atoms with Crippen molar-refractivity contribution in [3.8, 4) is 0 Å². The summed E-state index contributed by atoms with van der Waals surface area (Å²) >= 11 is 0. The first kappa shape index (κ1) is 13.9. The fourth-order valence-electron chi connectivity index (χ4n) is 2.69. The van der Waals surface area contributed by atoms with Crippen LogP contribution >= 0.6 is 0 Å². The van der Waals surface area contributed by atoms with Crippen LogP contribution in [0.2, 0.25) is 0 Å². The third-order valence-corrected chi connectivity index (χ3v) is 3.86. The van der Waals surface area contributed by atoms with Crippen LogP contribution in [0.5, 0.6) is 0 Å². The Morgan fingerprint density at radius 1 is 1.29 bits per heavy atom. The smallest absolute Gasteiger partial charge is 0.244 e. The van der Waals surface area contributed by atoms with E-state index in [1.807, 2.05) is 37.1 Å². The lowest BCUT2D eigenvalue weighted by molar-refractivity contribution is -0.132.